The van der Waals surface area contributed by atoms with E-state index >= 15 is 0 Å². The van der Waals surface area contributed by atoms with Crippen LogP contribution in [0.25, 0.3) is 0 Å². The van der Waals surface area contributed by atoms with Crippen molar-refractivity contribution in [2.24, 2.45) is 11.7 Å². The van der Waals surface area contributed by atoms with Crippen LogP contribution >= 0.6 is 12.2 Å². The molecule has 14 heavy (non-hydrogen) atoms. The van der Waals surface area contributed by atoms with Gasteiger partial charge in [0.2, 0.25) is 0 Å². The molecule has 3 heteroatoms. The Kier molecular flexibility index (Phi) is 9.31. The summed E-state index contributed by atoms with van der Waals surface area (Å²) in [7, 11) is 0. The highest BCUT2D eigenvalue weighted by Gasteiger charge is 2.05. The average Bonchev–Trinajstić information content (AvgIpc) is 2.16. The quantitative estimate of drug-likeness (QED) is 0.476. The highest BCUT2D eigenvalue weighted by Crippen LogP contribution is 2.12. The summed E-state index contributed by atoms with van der Waals surface area (Å²) >= 11 is 4.77. The second-order valence-corrected chi connectivity index (χ2v) is 4.23. The fraction of sp³-hybridized carbons (Fsp3) is 0.909. The maximum atomic E-state index is 5.53. The van der Waals surface area contributed by atoms with E-state index < -0.39 is 0 Å². The maximum Gasteiger partial charge on any atom is 0.0750 e. The van der Waals surface area contributed by atoms with Crippen molar-refractivity contribution in [2.75, 3.05) is 13.2 Å². The van der Waals surface area contributed by atoms with Gasteiger partial charge < -0.3 is 10.5 Å². The van der Waals surface area contributed by atoms with Gasteiger partial charge in [-0.15, -0.1) is 0 Å². The van der Waals surface area contributed by atoms with Gasteiger partial charge in [-0.1, -0.05) is 45.3 Å². The molecule has 0 spiro atoms. The van der Waals surface area contributed by atoms with Crippen LogP contribution in [-0.2, 0) is 4.74 Å². The van der Waals surface area contributed by atoms with Crippen LogP contribution in [-0.4, -0.2) is 18.2 Å². The first kappa shape index (κ1) is 13.8. The van der Waals surface area contributed by atoms with Gasteiger partial charge in [-0.2, -0.15) is 0 Å². The Morgan fingerprint density at radius 3 is 2.64 bits per heavy atom. The number of thiocarbonyl (C=S) groups is 1. The Morgan fingerprint density at radius 2 is 2.14 bits per heavy atom. The van der Waals surface area contributed by atoms with Crippen LogP contribution in [0.3, 0.4) is 0 Å². The standard InChI is InChI=1S/C11H23NOS/c1-3-5-6-10(4-2)9-13-8-7-11(12)14/h10H,3-9H2,1-2H3,(H2,12,14). The Bertz CT molecular complexity index is 150. The first-order chi connectivity index (χ1) is 6.70. The van der Waals surface area contributed by atoms with E-state index in [2.05, 4.69) is 13.8 Å². The zero-order valence-electron chi connectivity index (χ0n) is 9.42. The predicted octanol–water partition coefficient (Wildman–Crippen LogP) is 2.90. The summed E-state index contributed by atoms with van der Waals surface area (Å²) in [6.07, 6.45) is 5.76. The van der Waals surface area contributed by atoms with Crippen molar-refractivity contribution < 1.29 is 4.74 Å². The van der Waals surface area contributed by atoms with Crippen molar-refractivity contribution in [1.29, 1.82) is 0 Å². The van der Waals surface area contributed by atoms with Crippen LogP contribution in [0.2, 0.25) is 0 Å². The number of hydrogen-bond acceptors (Lipinski definition) is 2. The summed E-state index contributed by atoms with van der Waals surface area (Å²) in [5.74, 6) is 0.710. The monoisotopic (exact) mass is 217 g/mol. The molecular formula is C11H23NOS. The summed E-state index contributed by atoms with van der Waals surface area (Å²) in [6, 6.07) is 0. The number of unbranched alkanes of at least 4 members (excludes halogenated alkanes) is 1. The van der Waals surface area contributed by atoms with Crippen molar-refractivity contribution in [3.8, 4) is 0 Å². The van der Waals surface area contributed by atoms with Crippen molar-refractivity contribution in [1.82, 2.24) is 0 Å². The van der Waals surface area contributed by atoms with E-state index in [4.69, 9.17) is 22.7 Å². The van der Waals surface area contributed by atoms with E-state index in [1.54, 1.807) is 0 Å². The van der Waals surface area contributed by atoms with Crippen molar-refractivity contribution in [3.63, 3.8) is 0 Å². The third-order valence-electron chi connectivity index (χ3n) is 2.39. The fourth-order valence-corrected chi connectivity index (χ4v) is 1.40. The van der Waals surface area contributed by atoms with Gasteiger partial charge in [-0.05, 0) is 12.3 Å². The summed E-state index contributed by atoms with van der Waals surface area (Å²) in [5.41, 5.74) is 5.37. The molecule has 0 aliphatic carbocycles. The fourth-order valence-electron chi connectivity index (χ4n) is 1.32. The molecule has 0 bridgehead atoms. The van der Waals surface area contributed by atoms with Gasteiger partial charge in [-0.3, -0.25) is 0 Å². The van der Waals surface area contributed by atoms with Gasteiger partial charge in [-0.25, -0.2) is 0 Å². The molecule has 2 nitrogen and oxygen atoms in total. The third kappa shape index (κ3) is 8.45. The molecular weight excluding hydrogens is 194 g/mol. The normalized spacial score (nSPS) is 12.7. The number of hydrogen-bond donors (Lipinski definition) is 1. The molecule has 0 aromatic heterocycles. The number of rotatable bonds is 9. The summed E-state index contributed by atoms with van der Waals surface area (Å²) in [5, 5.41) is 0. The van der Waals surface area contributed by atoms with Crippen LogP contribution in [0.15, 0.2) is 0 Å². The molecule has 0 fully saturated rings. The minimum absolute atomic E-state index is 0.548. The highest BCUT2D eigenvalue weighted by molar-refractivity contribution is 7.80. The van der Waals surface area contributed by atoms with Crippen molar-refractivity contribution in [2.45, 2.75) is 46.0 Å². The molecule has 1 unspecified atom stereocenters. The molecule has 0 aliphatic rings. The topological polar surface area (TPSA) is 35.2 Å². The summed E-state index contributed by atoms with van der Waals surface area (Å²) in [6.45, 7) is 5.98. The van der Waals surface area contributed by atoms with Gasteiger partial charge in [0.25, 0.3) is 0 Å². The van der Waals surface area contributed by atoms with Crippen LogP contribution in [0.1, 0.15) is 46.0 Å². The lowest BCUT2D eigenvalue weighted by Gasteiger charge is -2.14. The second kappa shape index (κ2) is 9.41. The lowest BCUT2D eigenvalue weighted by molar-refractivity contribution is 0.0995. The van der Waals surface area contributed by atoms with Crippen LogP contribution < -0.4 is 5.73 Å². The molecule has 1 atom stereocenters. The van der Waals surface area contributed by atoms with Gasteiger partial charge in [0.05, 0.1) is 11.6 Å². The van der Waals surface area contributed by atoms with Crippen molar-refractivity contribution >= 4 is 17.2 Å². The van der Waals surface area contributed by atoms with Gasteiger partial charge in [0, 0.05) is 13.0 Å². The first-order valence-corrected chi connectivity index (χ1v) is 5.97. The highest BCUT2D eigenvalue weighted by atomic mass is 32.1. The van der Waals surface area contributed by atoms with Crippen molar-refractivity contribution in [3.05, 3.63) is 0 Å². The lowest BCUT2D eigenvalue weighted by Crippen LogP contribution is -2.14. The lowest BCUT2D eigenvalue weighted by atomic mass is 10.0. The maximum absolute atomic E-state index is 5.53. The van der Waals surface area contributed by atoms with Gasteiger partial charge in [0.1, 0.15) is 0 Å². The number of nitrogens with two attached hydrogens (primary N) is 1. The molecule has 0 aromatic carbocycles. The van der Waals surface area contributed by atoms with E-state index in [-0.39, 0.29) is 0 Å². The second-order valence-electron chi connectivity index (χ2n) is 3.71. The molecule has 0 amide bonds. The Morgan fingerprint density at radius 1 is 1.43 bits per heavy atom. The molecule has 0 radical (unpaired) electrons. The van der Waals surface area contributed by atoms with Gasteiger partial charge in [0.15, 0.2) is 0 Å². The SMILES string of the molecule is CCCCC(CC)COCCC(N)=S. The Hall–Kier alpha value is -0.150. The summed E-state index contributed by atoms with van der Waals surface area (Å²) < 4.78 is 5.53. The van der Waals surface area contributed by atoms with E-state index in [1.807, 2.05) is 0 Å². The Balaban J connectivity index is 3.37. The van der Waals surface area contributed by atoms with E-state index in [9.17, 15) is 0 Å². The van der Waals surface area contributed by atoms with E-state index in [0.29, 0.717) is 23.9 Å². The zero-order chi connectivity index (χ0) is 10.8. The van der Waals surface area contributed by atoms with E-state index in [1.165, 1.54) is 25.7 Å². The van der Waals surface area contributed by atoms with Gasteiger partial charge >= 0.3 is 0 Å². The van der Waals surface area contributed by atoms with E-state index in [0.717, 1.165) is 6.61 Å². The molecule has 0 heterocycles. The zero-order valence-corrected chi connectivity index (χ0v) is 10.2. The van der Waals surface area contributed by atoms with Crippen LogP contribution in [0, 0.1) is 5.92 Å². The Labute approximate surface area is 93.2 Å². The smallest absolute Gasteiger partial charge is 0.0750 e. The molecule has 84 valence electrons. The summed E-state index contributed by atoms with van der Waals surface area (Å²) in [4.78, 5) is 0.548. The molecule has 2 N–H and O–H groups in total. The minimum Gasteiger partial charge on any atom is -0.393 e. The largest absolute Gasteiger partial charge is 0.393 e. The minimum atomic E-state index is 0.548. The molecule has 0 saturated carbocycles. The molecule has 0 aromatic rings. The van der Waals surface area contributed by atoms with Crippen LogP contribution in [0.5, 0.6) is 0 Å². The first-order valence-electron chi connectivity index (χ1n) is 5.56. The average molecular weight is 217 g/mol. The third-order valence-corrected chi connectivity index (χ3v) is 2.59. The van der Waals surface area contributed by atoms with Crippen LogP contribution in [0.4, 0.5) is 0 Å². The number of ether oxygens (including phenoxy) is 1. The molecule has 0 rings (SSSR count). The molecule has 0 aliphatic heterocycles. The molecule has 0 saturated heterocycles. The predicted molar refractivity (Wildman–Crippen MR) is 65.5 cm³/mol.